The number of ether oxygens (including phenoxy) is 3. The second-order valence-electron chi connectivity index (χ2n) is 7.70. The van der Waals surface area contributed by atoms with Gasteiger partial charge in [-0.15, -0.1) is 0 Å². The molecule has 0 aliphatic heterocycles. The summed E-state index contributed by atoms with van der Waals surface area (Å²) in [5, 5.41) is 11.2. The van der Waals surface area contributed by atoms with Crippen LogP contribution in [0, 0.1) is 11.3 Å². The molecule has 1 aromatic rings. The van der Waals surface area contributed by atoms with Crippen LogP contribution >= 0.6 is 0 Å². The third kappa shape index (κ3) is 17.3. The summed E-state index contributed by atoms with van der Waals surface area (Å²) in [4.78, 5) is 21.8. The predicted octanol–water partition coefficient (Wildman–Crippen LogP) is 4.64. The maximum absolute atomic E-state index is 11.5. The number of carbonyl (C=O) groups is 2. The molecule has 0 aromatic heterocycles. The molecule has 0 radical (unpaired) electrons. The summed E-state index contributed by atoms with van der Waals surface area (Å²) in [6.45, 7) is 15.3. The number of nitrogens with zero attached hydrogens (tertiary/aromatic N) is 1. The number of amides is 1. The molecule has 7 heteroatoms. The largest absolute Gasteiger partial charge is 0.514 e. The van der Waals surface area contributed by atoms with Gasteiger partial charge in [0.25, 0.3) is 0 Å². The summed E-state index contributed by atoms with van der Waals surface area (Å²) in [5.41, 5.74) is 0.268. The predicted molar refractivity (Wildman–Crippen MR) is 114 cm³/mol. The van der Waals surface area contributed by atoms with Gasteiger partial charge >= 0.3 is 6.16 Å². The molecular weight excluding hydrogens is 372 g/mol. The molecule has 7 nitrogen and oxygen atoms in total. The Hall–Kier alpha value is -2.59. The molecule has 0 bridgehead atoms. The van der Waals surface area contributed by atoms with Crippen molar-refractivity contribution in [2.45, 2.75) is 79.1 Å². The number of hydrogen-bond donors (Lipinski definition) is 1. The van der Waals surface area contributed by atoms with Gasteiger partial charge in [-0.25, -0.2) is 4.79 Å². The molecule has 1 atom stereocenters. The van der Waals surface area contributed by atoms with Crippen LogP contribution in [-0.4, -0.2) is 36.9 Å². The third-order valence-electron chi connectivity index (χ3n) is 2.99. The van der Waals surface area contributed by atoms with Gasteiger partial charge < -0.3 is 19.5 Å². The van der Waals surface area contributed by atoms with Gasteiger partial charge in [0.1, 0.15) is 17.4 Å². The number of benzene rings is 1. The number of carbonyl (C=O) groups excluding carboxylic acids is 2. The highest BCUT2D eigenvalue weighted by atomic mass is 16.7. The van der Waals surface area contributed by atoms with Crippen molar-refractivity contribution in [3.05, 3.63) is 29.8 Å². The first-order valence-electron chi connectivity index (χ1n) is 9.54. The van der Waals surface area contributed by atoms with Gasteiger partial charge in [0.05, 0.1) is 11.7 Å². The van der Waals surface area contributed by atoms with Crippen molar-refractivity contribution in [1.29, 1.82) is 5.26 Å². The Bertz CT molecular complexity index is 623. The molecule has 0 fully saturated rings. The summed E-state index contributed by atoms with van der Waals surface area (Å²) >= 11 is 0. The van der Waals surface area contributed by atoms with Crippen LogP contribution in [0.2, 0.25) is 0 Å². The van der Waals surface area contributed by atoms with E-state index in [0.717, 1.165) is 5.56 Å². The molecule has 0 aliphatic rings. The van der Waals surface area contributed by atoms with E-state index in [4.69, 9.17) is 19.5 Å². The monoisotopic (exact) mass is 408 g/mol. The molecule has 164 valence electrons. The minimum absolute atomic E-state index is 0.0417. The summed E-state index contributed by atoms with van der Waals surface area (Å²) in [7, 11) is 1.71. The SMILES string of the molecule is CC.CC(C)(C)OC(=O)Oc1ccc(CC(C#N)NC=O)cc1.COC(C)(C)C. The van der Waals surface area contributed by atoms with Crippen molar-refractivity contribution >= 4 is 12.6 Å². The van der Waals surface area contributed by atoms with Gasteiger partial charge in [-0.3, -0.25) is 4.79 Å². The minimum atomic E-state index is -0.771. The zero-order chi connectivity index (χ0) is 23.1. The fourth-order valence-corrected chi connectivity index (χ4v) is 1.52. The van der Waals surface area contributed by atoms with Crippen LogP contribution in [0.3, 0.4) is 0 Å². The average Bonchev–Trinajstić information content (AvgIpc) is 2.63. The molecule has 0 heterocycles. The van der Waals surface area contributed by atoms with E-state index in [0.29, 0.717) is 18.6 Å². The van der Waals surface area contributed by atoms with Crippen molar-refractivity contribution in [3.8, 4) is 11.8 Å². The number of methoxy groups -OCH3 is 1. The number of nitrogens with one attached hydrogen (secondary N) is 1. The van der Waals surface area contributed by atoms with Crippen molar-refractivity contribution in [1.82, 2.24) is 5.32 Å². The highest BCUT2D eigenvalue weighted by Crippen LogP contribution is 2.16. The molecule has 1 aromatic carbocycles. The van der Waals surface area contributed by atoms with Gasteiger partial charge in [-0.05, 0) is 59.2 Å². The van der Waals surface area contributed by atoms with Crippen LogP contribution in [0.4, 0.5) is 4.79 Å². The van der Waals surface area contributed by atoms with Gasteiger partial charge in [0.15, 0.2) is 0 Å². The van der Waals surface area contributed by atoms with Gasteiger partial charge in [-0.1, -0.05) is 26.0 Å². The molecule has 0 spiro atoms. The van der Waals surface area contributed by atoms with E-state index in [-0.39, 0.29) is 5.60 Å². The number of nitriles is 1. The first-order chi connectivity index (χ1) is 13.4. The van der Waals surface area contributed by atoms with Crippen LogP contribution in [-0.2, 0) is 20.7 Å². The number of rotatable bonds is 5. The molecule has 29 heavy (non-hydrogen) atoms. The Morgan fingerprint density at radius 3 is 1.93 bits per heavy atom. The Balaban J connectivity index is 0. The zero-order valence-corrected chi connectivity index (χ0v) is 19.2. The van der Waals surface area contributed by atoms with Gasteiger partial charge in [-0.2, -0.15) is 5.26 Å². The van der Waals surface area contributed by atoms with Gasteiger partial charge in [0, 0.05) is 13.5 Å². The summed E-state index contributed by atoms with van der Waals surface area (Å²) in [5.74, 6) is 0.352. The standard InChI is InChI=1S/C15H18N2O4.C5H12O.C2H6/c1-15(2,3)21-14(19)20-13-6-4-11(5-7-13)8-12(9-16)17-10-18;1-5(2,3)6-4;1-2/h4-7,10,12H,8H2,1-3H3,(H,17,18);1-4H3;1-2H3. The summed E-state index contributed by atoms with van der Waals surface area (Å²) in [6, 6.07) is 8.04. The van der Waals surface area contributed by atoms with Gasteiger partial charge in [0.2, 0.25) is 6.41 Å². The minimum Gasteiger partial charge on any atom is -0.428 e. The van der Waals surface area contributed by atoms with E-state index in [9.17, 15) is 9.59 Å². The second kappa shape index (κ2) is 14.4. The summed E-state index contributed by atoms with van der Waals surface area (Å²) < 4.78 is 15.0. The first kappa shape index (κ1) is 28.6. The smallest absolute Gasteiger partial charge is 0.428 e. The average molecular weight is 409 g/mol. The van der Waals surface area contributed by atoms with Crippen molar-refractivity contribution in [2.75, 3.05) is 7.11 Å². The Morgan fingerprint density at radius 2 is 1.59 bits per heavy atom. The van der Waals surface area contributed by atoms with E-state index in [1.165, 1.54) is 0 Å². The molecule has 0 saturated carbocycles. The lowest BCUT2D eigenvalue weighted by atomic mass is 10.1. The van der Waals surface area contributed by atoms with Crippen LogP contribution in [0.5, 0.6) is 5.75 Å². The Labute approximate surface area is 175 Å². The fourth-order valence-electron chi connectivity index (χ4n) is 1.52. The molecule has 1 rings (SSSR count). The van der Waals surface area contributed by atoms with E-state index in [1.54, 1.807) is 52.1 Å². The van der Waals surface area contributed by atoms with Crippen LogP contribution in [0.25, 0.3) is 0 Å². The zero-order valence-electron chi connectivity index (χ0n) is 19.2. The molecule has 1 unspecified atom stereocenters. The highest BCUT2D eigenvalue weighted by molar-refractivity contribution is 5.64. The van der Waals surface area contributed by atoms with Crippen molar-refractivity contribution < 1.29 is 23.8 Å². The first-order valence-corrected chi connectivity index (χ1v) is 9.54. The lowest BCUT2D eigenvalue weighted by molar-refractivity contribution is -0.109. The van der Waals surface area contributed by atoms with E-state index >= 15 is 0 Å². The quantitative estimate of drug-likeness (QED) is 0.433. The Kier molecular flexibility index (Phi) is 14.2. The molecule has 1 amide bonds. The summed E-state index contributed by atoms with van der Waals surface area (Å²) in [6.07, 6.45) is 0.100. The lowest BCUT2D eigenvalue weighted by Gasteiger charge is -2.18. The third-order valence-corrected chi connectivity index (χ3v) is 2.99. The maximum atomic E-state index is 11.5. The van der Waals surface area contributed by atoms with E-state index in [2.05, 4.69) is 5.32 Å². The van der Waals surface area contributed by atoms with Crippen LogP contribution in [0.15, 0.2) is 24.3 Å². The maximum Gasteiger partial charge on any atom is 0.514 e. The van der Waals surface area contributed by atoms with Crippen LogP contribution < -0.4 is 10.1 Å². The molecule has 1 N–H and O–H groups in total. The topological polar surface area (TPSA) is 97.6 Å². The lowest BCUT2D eigenvalue weighted by Crippen LogP contribution is -2.28. The van der Waals surface area contributed by atoms with Crippen molar-refractivity contribution in [3.63, 3.8) is 0 Å². The van der Waals surface area contributed by atoms with E-state index in [1.807, 2.05) is 40.7 Å². The number of hydrogen-bond acceptors (Lipinski definition) is 6. The second-order valence-corrected chi connectivity index (χ2v) is 7.70. The molecule has 0 saturated heterocycles. The normalized spacial score (nSPS) is 11.3. The van der Waals surface area contributed by atoms with E-state index < -0.39 is 17.8 Å². The molecule has 0 aliphatic carbocycles. The highest BCUT2D eigenvalue weighted by Gasteiger charge is 2.18. The fraction of sp³-hybridized carbons (Fsp3) is 0.591. The van der Waals surface area contributed by atoms with Crippen molar-refractivity contribution in [2.24, 2.45) is 0 Å². The Morgan fingerprint density at radius 1 is 1.10 bits per heavy atom. The van der Waals surface area contributed by atoms with Crippen LogP contribution in [0.1, 0.15) is 61.0 Å². The molecular formula is C22H36N2O5.